The van der Waals surface area contributed by atoms with Crippen molar-refractivity contribution in [1.82, 2.24) is 0 Å². The molecule has 2 atom stereocenters. The molecule has 0 aliphatic heterocycles. The van der Waals surface area contributed by atoms with Crippen molar-refractivity contribution in [1.29, 1.82) is 0 Å². The first kappa shape index (κ1) is 14.6. The summed E-state index contributed by atoms with van der Waals surface area (Å²) < 4.78 is 5.89. The van der Waals surface area contributed by atoms with Crippen LogP contribution in [0.25, 0.3) is 0 Å². The third kappa shape index (κ3) is 2.19. The minimum Gasteiger partial charge on any atom is -0.491 e. The quantitative estimate of drug-likeness (QED) is 0.898. The molecule has 0 spiro atoms. The summed E-state index contributed by atoms with van der Waals surface area (Å²) in [6.07, 6.45) is 8.20. The predicted molar refractivity (Wildman–Crippen MR) is 88.1 cm³/mol. The Hall–Kier alpha value is -1.02. The molecule has 4 aliphatic rings. The van der Waals surface area contributed by atoms with Crippen molar-refractivity contribution in [2.24, 2.45) is 16.7 Å². The molecular weight excluding hydrogens is 272 g/mol. The average molecular weight is 300 g/mol. The van der Waals surface area contributed by atoms with Crippen LogP contribution in [0.15, 0.2) is 24.3 Å². The Morgan fingerprint density at radius 3 is 2.36 bits per heavy atom. The monoisotopic (exact) mass is 300 g/mol. The summed E-state index contributed by atoms with van der Waals surface area (Å²) in [5.41, 5.74) is 2.73. The Bertz CT molecular complexity index is 561. The number of benzene rings is 1. The lowest BCUT2D eigenvalue weighted by Gasteiger charge is -2.65. The summed E-state index contributed by atoms with van der Waals surface area (Å²) in [5, 5.41) is 9.11. The van der Waals surface area contributed by atoms with Crippen molar-refractivity contribution >= 4 is 0 Å². The molecule has 2 nitrogen and oxygen atoms in total. The molecule has 4 fully saturated rings. The molecule has 2 heteroatoms. The van der Waals surface area contributed by atoms with Gasteiger partial charge in [-0.2, -0.15) is 0 Å². The first-order valence-corrected chi connectivity index (χ1v) is 8.79. The Morgan fingerprint density at radius 2 is 1.73 bits per heavy atom. The summed E-state index contributed by atoms with van der Waals surface area (Å²) in [7, 11) is 0. The van der Waals surface area contributed by atoms with Crippen LogP contribution in [0, 0.1) is 16.7 Å². The van der Waals surface area contributed by atoms with Gasteiger partial charge in [0.1, 0.15) is 12.4 Å². The van der Waals surface area contributed by atoms with Gasteiger partial charge in [-0.1, -0.05) is 32.0 Å². The molecule has 4 saturated carbocycles. The van der Waals surface area contributed by atoms with Crippen LogP contribution in [0.1, 0.15) is 57.9 Å². The number of rotatable bonds is 4. The molecule has 1 N–H and O–H groups in total. The van der Waals surface area contributed by atoms with Crippen molar-refractivity contribution in [3.63, 3.8) is 0 Å². The molecule has 0 heterocycles. The molecule has 0 saturated heterocycles. The molecule has 2 unspecified atom stereocenters. The van der Waals surface area contributed by atoms with Gasteiger partial charge in [-0.3, -0.25) is 0 Å². The largest absolute Gasteiger partial charge is 0.491 e. The number of hydrogen-bond acceptors (Lipinski definition) is 2. The second kappa shape index (κ2) is 4.74. The standard InChI is InChI=1S/C20H28O2/c1-18-9-15-10-19(2,12-18)14-20(11-15,13-18)16-5-3-4-6-17(16)22-8-7-21/h3-6,15,21H,7-14H2,1-2H3. The highest BCUT2D eigenvalue weighted by Gasteiger charge is 2.60. The van der Waals surface area contributed by atoms with Crippen molar-refractivity contribution in [2.75, 3.05) is 13.2 Å². The molecule has 0 aromatic heterocycles. The van der Waals surface area contributed by atoms with Crippen LogP contribution in [0.4, 0.5) is 0 Å². The maximum Gasteiger partial charge on any atom is 0.123 e. The van der Waals surface area contributed by atoms with Crippen LogP contribution in [0.2, 0.25) is 0 Å². The fraction of sp³-hybridized carbons (Fsp3) is 0.700. The zero-order valence-corrected chi connectivity index (χ0v) is 13.9. The van der Waals surface area contributed by atoms with Crippen LogP contribution in [-0.2, 0) is 5.41 Å². The first-order chi connectivity index (χ1) is 10.5. The summed E-state index contributed by atoms with van der Waals surface area (Å²) in [6, 6.07) is 8.59. The van der Waals surface area contributed by atoms with E-state index in [2.05, 4.69) is 38.1 Å². The van der Waals surface area contributed by atoms with Gasteiger partial charge in [-0.15, -0.1) is 0 Å². The predicted octanol–water partition coefficient (Wildman–Crippen LogP) is 4.31. The van der Waals surface area contributed by atoms with E-state index in [1.165, 1.54) is 44.1 Å². The first-order valence-electron chi connectivity index (χ1n) is 8.79. The van der Waals surface area contributed by atoms with E-state index in [1.807, 2.05) is 0 Å². The van der Waals surface area contributed by atoms with Crippen LogP contribution in [0.3, 0.4) is 0 Å². The summed E-state index contributed by atoms with van der Waals surface area (Å²) in [5.74, 6) is 1.89. The van der Waals surface area contributed by atoms with E-state index in [0.717, 1.165) is 11.7 Å². The fourth-order valence-corrected chi connectivity index (χ4v) is 6.93. The average Bonchev–Trinajstić information content (AvgIpc) is 2.41. The number of aliphatic hydroxyl groups excluding tert-OH is 1. The molecule has 0 radical (unpaired) electrons. The Balaban J connectivity index is 1.76. The number of hydrogen-bond donors (Lipinski definition) is 1. The van der Waals surface area contributed by atoms with E-state index in [1.54, 1.807) is 0 Å². The molecule has 0 amide bonds. The van der Waals surface area contributed by atoms with Crippen molar-refractivity contribution in [3.8, 4) is 5.75 Å². The molecule has 4 aliphatic carbocycles. The van der Waals surface area contributed by atoms with Gasteiger partial charge >= 0.3 is 0 Å². The van der Waals surface area contributed by atoms with Crippen molar-refractivity contribution < 1.29 is 9.84 Å². The fourth-order valence-electron chi connectivity index (χ4n) is 6.93. The highest BCUT2D eigenvalue weighted by atomic mass is 16.5. The zero-order valence-electron chi connectivity index (χ0n) is 13.9. The lowest BCUT2D eigenvalue weighted by molar-refractivity contribution is -0.110. The van der Waals surface area contributed by atoms with Crippen LogP contribution in [0.5, 0.6) is 5.75 Å². The summed E-state index contributed by atoms with van der Waals surface area (Å²) in [6.45, 7) is 5.51. The van der Waals surface area contributed by atoms with Gasteiger partial charge in [0, 0.05) is 11.0 Å². The zero-order chi connectivity index (χ0) is 15.4. The van der Waals surface area contributed by atoms with E-state index in [-0.39, 0.29) is 6.61 Å². The Labute approximate surface area is 133 Å². The van der Waals surface area contributed by atoms with Crippen LogP contribution < -0.4 is 4.74 Å². The molecular formula is C20H28O2. The van der Waals surface area contributed by atoms with Crippen molar-refractivity contribution in [2.45, 2.75) is 57.8 Å². The number of aliphatic hydroxyl groups is 1. The van der Waals surface area contributed by atoms with Crippen LogP contribution >= 0.6 is 0 Å². The molecule has 1 aromatic rings. The normalized spacial score (nSPS) is 42.6. The number of ether oxygens (including phenoxy) is 1. The van der Waals surface area contributed by atoms with Gasteiger partial charge in [-0.05, 0) is 61.3 Å². The summed E-state index contributed by atoms with van der Waals surface area (Å²) in [4.78, 5) is 0. The smallest absolute Gasteiger partial charge is 0.123 e. The summed E-state index contributed by atoms with van der Waals surface area (Å²) >= 11 is 0. The second-order valence-electron chi connectivity index (χ2n) is 8.98. The lowest BCUT2D eigenvalue weighted by atomic mass is 9.39. The van der Waals surface area contributed by atoms with E-state index >= 15 is 0 Å². The van der Waals surface area contributed by atoms with Gasteiger partial charge in [0.15, 0.2) is 0 Å². The van der Waals surface area contributed by atoms with Crippen molar-refractivity contribution in [3.05, 3.63) is 29.8 Å². The molecule has 1 aromatic carbocycles. The van der Waals surface area contributed by atoms with E-state index in [0.29, 0.717) is 22.9 Å². The van der Waals surface area contributed by atoms with E-state index in [9.17, 15) is 0 Å². The maximum atomic E-state index is 9.11. The maximum absolute atomic E-state index is 9.11. The molecule has 22 heavy (non-hydrogen) atoms. The minimum absolute atomic E-state index is 0.0827. The molecule has 4 bridgehead atoms. The molecule has 5 rings (SSSR count). The second-order valence-corrected chi connectivity index (χ2v) is 8.98. The molecule has 120 valence electrons. The Kier molecular flexibility index (Phi) is 3.14. The SMILES string of the molecule is CC12CC3CC(C)(C1)CC(c1ccccc1OCCO)(C3)C2. The minimum atomic E-state index is 0.0827. The topological polar surface area (TPSA) is 29.5 Å². The van der Waals surface area contributed by atoms with Gasteiger partial charge in [-0.25, -0.2) is 0 Å². The Morgan fingerprint density at radius 1 is 1.05 bits per heavy atom. The third-order valence-electron chi connectivity index (χ3n) is 6.43. The van der Waals surface area contributed by atoms with E-state index in [4.69, 9.17) is 9.84 Å². The van der Waals surface area contributed by atoms with Gasteiger partial charge in [0.2, 0.25) is 0 Å². The highest BCUT2D eigenvalue weighted by molar-refractivity contribution is 5.42. The van der Waals surface area contributed by atoms with Gasteiger partial charge in [0.05, 0.1) is 6.61 Å². The highest BCUT2D eigenvalue weighted by Crippen LogP contribution is 2.70. The van der Waals surface area contributed by atoms with Crippen LogP contribution in [-0.4, -0.2) is 18.3 Å². The van der Waals surface area contributed by atoms with Gasteiger partial charge in [0.25, 0.3) is 0 Å². The van der Waals surface area contributed by atoms with Gasteiger partial charge < -0.3 is 9.84 Å². The lowest BCUT2D eigenvalue weighted by Crippen LogP contribution is -2.56. The van der Waals surface area contributed by atoms with E-state index < -0.39 is 0 Å². The third-order valence-corrected chi connectivity index (χ3v) is 6.43. The number of para-hydroxylation sites is 1.